The van der Waals surface area contributed by atoms with E-state index in [1.165, 1.54) is 0 Å². The molecule has 1 N–H and O–H groups in total. The number of aromatic hydroxyl groups is 1. The fraction of sp³-hybridized carbons (Fsp3) is 0.500. The van der Waals surface area contributed by atoms with Gasteiger partial charge >= 0.3 is 11.9 Å². The molecule has 7 heteroatoms. The summed E-state index contributed by atoms with van der Waals surface area (Å²) in [5.74, 6) is -0.844. The Hall–Kier alpha value is -1.81. The third kappa shape index (κ3) is 6.69. The largest absolute Gasteiger partial charge is 0.507 e. The van der Waals surface area contributed by atoms with Crippen LogP contribution in [0.5, 0.6) is 5.75 Å². The van der Waals surface area contributed by atoms with Crippen LogP contribution in [0.3, 0.4) is 0 Å². The van der Waals surface area contributed by atoms with E-state index in [-0.39, 0.29) is 43.9 Å². The van der Waals surface area contributed by atoms with Crippen molar-refractivity contribution in [2.24, 2.45) is 0 Å². The fourth-order valence-corrected chi connectivity index (χ4v) is 2.88. The van der Waals surface area contributed by atoms with Gasteiger partial charge in [-0.15, -0.1) is 0 Å². The lowest BCUT2D eigenvalue weighted by Crippen LogP contribution is -2.18. The number of esters is 1. The van der Waals surface area contributed by atoms with Gasteiger partial charge in [0, 0.05) is 14.3 Å². The van der Waals surface area contributed by atoms with Gasteiger partial charge in [0.25, 0.3) is 0 Å². The second-order valence-corrected chi connectivity index (χ2v) is 9.19. The predicted molar refractivity (Wildman–Crippen MR) is 112 cm³/mol. The van der Waals surface area contributed by atoms with E-state index in [0.29, 0.717) is 0 Å². The Morgan fingerprint density at radius 3 is 2.00 bits per heavy atom. The molecule has 1 aromatic carbocycles. The van der Waals surface area contributed by atoms with Gasteiger partial charge < -0.3 is 14.4 Å². The number of carbonyl (C=O) groups excluding carboxylic acids is 2. The van der Waals surface area contributed by atoms with Gasteiger partial charge in [-0.2, -0.15) is 0 Å². The van der Waals surface area contributed by atoms with Gasteiger partial charge in [0.05, 0.1) is 6.42 Å². The lowest BCUT2D eigenvalue weighted by atomic mass is 9.78. The quantitative estimate of drug-likeness (QED) is 0.346. The Labute approximate surface area is 164 Å². The van der Waals surface area contributed by atoms with Gasteiger partial charge in [0.15, 0.2) is 7.57 Å². The van der Waals surface area contributed by atoms with Gasteiger partial charge in [0.2, 0.25) is 0 Å². The molecule has 0 aliphatic rings. The Morgan fingerprint density at radius 1 is 1.11 bits per heavy atom. The molecule has 0 bridgehead atoms. The highest BCUT2D eigenvalue weighted by atomic mass is 31.1. The molecule has 1 unspecified atom stereocenters. The Balaban J connectivity index is 2.99. The highest BCUT2D eigenvalue weighted by Crippen LogP contribution is 2.39. The normalized spacial score (nSPS) is 12.2. The van der Waals surface area contributed by atoms with E-state index in [1.807, 2.05) is 53.7 Å². The predicted octanol–water partition coefficient (Wildman–Crippen LogP) is 3.66. The van der Waals surface area contributed by atoms with E-state index >= 15 is 0 Å². The molecule has 5 nitrogen and oxygen atoms in total. The minimum absolute atomic E-state index is 0.00425. The van der Waals surface area contributed by atoms with Crippen molar-refractivity contribution in [3.63, 3.8) is 0 Å². The van der Waals surface area contributed by atoms with Gasteiger partial charge in [-0.3, -0.25) is 4.79 Å². The summed E-state index contributed by atoms with van der Waals surface area (Å²) in [6.07, 6.45) is -0.209. The minimum atomic E-state index is -0.581. The van der Waals surface area contributed by atoms with Crippen molar-refractivity contribution in [1.29, 1.82) is 0 Å². The van der Waals surface area contributed by atoms with Crippen molar-refractivity contribution in [1.82, 2.24) is 0 Å². The SMILES string of the molecule is BPOC(=O)C(=C)CC(=O)OCc1cc(C(C)(C)C)c(O)c(C(C)(C)C)c1. The second kappa shape index (κ2) is 8.92. The monoisotopic (exact) mass is 392 g/mol. The highest BCUT2D eigenvalue weighted by molar-refractivity contribution is 7.62. The topological polar surface area (TPSA) is 72.8 Å². The Bertz CT molecular complexity index is 694. The molecule has 0 heterocycles. The van der Waals surface area contributed by atoms with E-state index in [0.717, 1.165) is 16.7 Å². The summed E-state index contributed by atoms with van der Waals surface area (Å²) in [5.41, 5.74) is 1.95. The maximum absolute atomic E-state index is 12.0. The molecule has 1 aromatic rings. The molecule has 0 aliphatic carbocycles. The van der Waals surface area contributed by atoms with Crippen molar-refractivity contribution in [2.75, 3.05) is 0 Å². The van der Waals surface area contributed by atoms with Crippen LogP contribution in [-0.4, -0.2) is 24.6 Å². The molecule has 0 fully saturated rings. The van der Waals surface area contributed by atoms with Crippen molar-refractivity contribution < 1.29 is 24.0 Å². The number of phenolic OH excluding ortho intramolecular Hbond substituents is 1. The first kappa shape index (κ1) is 23.2. The van der Waals surface area contributed by atoms with Crippen LogP contribution in [-0.2, 0) is 36.3 Å². The van der Waals surface area contributed by atoms with E-state index in [4.69, 9.17) is 9.26 Å². The molecule has 0 radical (unpaired) electrons. The average Bonchev–Trinajstić information content (AvgIpc) is 2.51. The zero-order valence-corrected chi connectivity index (χ0v) is 18.4. The average molecular weight is 392 g/mol. The Morgan fingerprint density at radius 2 is 1.59 bits per heavy atom. The smallest absolute Gasteiger partial charge is 0.335 e. The molecule has 148 valence electrons. The van der Waals surface area contributed by atoms with Crippen molar-refractivity contribution in [3.8, 4) is 5.75 Å². The molecule has 0 aromatic heterocycles. The molecule has 27 heavy (non-hydrogen) atoms. The summed E-state index contributed by atoms with van der Waals surface area (Å²) in [7, 11) is 1.72. The molecule has 0 aliphatic heterocycles. The highest BCUT2D eigenvalue weighted by Gasteiger charge is 2.26. The third-order valence-corrected chi connectivity index (χ3v) is 4.42. The summed E-state index contributed by atoms with van der Waals surface area (Å²) in [6, 6.07) is 3.72. The molecule has 0 amide bonds. The standard InChI is InChI=1S/C20H30BO5P/c1-12(18(24)26-27-21)8-16(22)25-11-13-9-14(19(2,3)4)17(23)15(10-13)20(5,6)7/h9-10,23,27H,1,8,11,21H2,2-7H3. The summed E-state index contributed by atoms with van der Waals surface area (Å²) in [5, 5.41) is 10.7. The third-order valence-electron chi connectivity index (χ3n) is 4.03. The summed E-state index contributed by atoms with van der Waals surface area (Å²) in [6.45, 7) is 15.8. The first-order valence-electron chi connectivity index (χ1n) is 8.85. The number of ether oxygens (including phenoxy) is 1. The molecule has 0 saturated carbocycles. The number of hydrogen-bond donors (Lipinski definition) is 1. The van der Waals surface area contributed by atoms with Gasteiger partial charge in [-0.1, -0.05) is 48.1 Å². The first-order chi connectivity index (χ1) is 12.3. The zero-order chi connectivity index (χ0) is 21.0. The molecular weight excluding hydrogens is 362 g/mol. The van der Waals surface area contributed by atoms with Crippen LogP contribution < -0.4 is 0 Å². The molecule has 0 saturated heterocycles. The first-order valence-corrected chi connectivity index (χ1v) is 10.3. The number of benzene rings is 1. The number of rotatable bonds is 6. The summed E-state index contributed by atoms with van der Waals surface area (Å²) in [4.78, 5) is 23.6. The van der Waals surface area contributed by atoms with Crippen LogP contribution in [0.2, 0.25) is 0 Å². The summed E-state index contributed by atoms with van der Waals surface area (Å²) < 4.78 is 10.2. The summed E-state index contributed by atoms with van der Waals surface area (Å²) >= 11 is 0. The lowest BCUT2D eigenvalue weighted by Gasteiger charge is -2.28. The van der Waals surface area contributed by atoms with Crippen LogP contribution in [0, 0.1) is 0 Å². The number of phenols is 1. The van der Waals surface area contributed by atoms with Gasteiger partial charge in [-0.25, -0.2) is 4.79 Å². The molecule has 0 spiro atoms. The maximum Gasteiger partial charge on any atom is 0.335 e. The van der Waals surface area contributed by atoms with Crippen LogP contribution in [0.1, 0.15) is 64.7 Å². The van der Waals surface area contributed by atoms with Gasteiger partial charge in [0.1, 0.15) is 12.4 Å². The Kier molecular flexibility index (Phi) is 7.68. The van der Waals surface area contributed by atoms with E-state index in [1.54, 1.807) is 7.57 Å². The van der Waals surface area contributed by atoms with Crippen LogP contribution in [0.25, 0.3) is 0 Å². The van der Waals surface area contributed by atoms with Crippen molar-refractivity contribution in [3.05, 3.63) is 41.0 Å². The zero-order valence-electron chi connectivity index (χ0n) is 17.4. The fourth-order valence-electron chi connectivity index (χ4n) is 2.55. The number of hydrogen-bond acceptors (Lipinski definition) is 5. The second-order valence-electron chi connectivity index (χ2n) is 8.57. The minimum Gasteiger partial charge on any atom is -0.507 e. The number of carbonyl (C=O) groups is 2. The maximum atomic E-state index is 12.0. The van der Waals surface area contributed by atoms with Crippen LogP contribution in [0.4, 0.5) is 0 Å². The van der Waals surface area contributed by atoms with Gasteiger partial charge in [-0.05, 0) is 39.7 Å². The molecule has 1 rings (SSSR count). The van der Waals surface area contributed by atoms with E-state index in [2.05, 4.69) is 6.58 Å². The van der Waals surface area contributed by atoms with Crippen molar-refractivity contribution in [2.45, 2.75) is 65.4 Å². The van der Waals surface area contributed by atoms with Crippen molar-refractivity contribution >= 4 is 28.2 Å². The van der Waals surface area contributed by atoms with Crippen LogP contribution in [0.15, 0.2) is 24.3 Å². The molecule has 1 atom stereocenters. The van der Waals surface area contributed by atoms with E-state index in [9.17, 15) is 14.7 Å². The molecular formula is C20H30BO5P. The van der Waals surface area contributed by atoms with E-state index < -0.39 is 11.9 Å². The lowest BCUT2D eigenvalue weighted by molar-refractivity contribution is -0.145. The van der Waals surface area contributed by atoms with Crippen LogP contribution >= 0.6 is 8.69 Å².